The molecule has 0 unspecified atom stereocenters. The summed E-state index contributed by atoms with van der Waals surface area (Å²) in [7, 11) is 1.36. The molecule has 0 bridgehead atoms. The molecule has 5 nitrogen and oxygen atoms in total. The summed E-state index contributed by atoms with van der Waals surface area (Å²) < 4.78 is 18.8. The van der Waals surface area contributed by atoms with Crippen molar-refractivity contribution in [1.29, 1.82) is 0 Å². The first-order valence-electron chi connectivity index (χ1n) is 7.45. The fourth-order valence-electron chi connectivity index (χ4n) is 2.24. The Balaban J connectivity index is 2.04. The molecule has 0 fully saturated rings. The number of amides is 1. The minimum Gasteiger partial charge on any atom is -0.489 e. The smallest absolute Gasteiger partial charge is 0.266 e. The molecule has 24 heavy (non-hydrogen) atoms. The van der Waals surface area contributed by atoms with Crippen LogP contribution in [-0.2, 0) is 22.7 Å². The van der Waals surface area contributed by atoms with Gasteiger partial charge in [0.2, 0.25) is 0 Å². The summed E-state index contributed by atoms with van der Waals surface area (Å²) >= 11 is 0. The van der Waals surface area contributed by atoms with E-state index in [1.165, 1.54) is 19.2 Å². The Morgan fingerprint density at radius 2 is 1.92 bits per heavy atom. The average molecular weight is 330 g/mol. The van der Waals surface area contributed by atoms with E-state index in [0.29, 0.717) is 25.2 Å². The average Bonchev–Trinajstić information content (AvgIpc) is 2.57. The molecule has 2 aromatic rings. The SMILES string of the molecule is CON=C(CCc1ccccc1COc1cccc(F)c1)C(N)=O. The van der Waals surface area contributed by atoms with E-state index in [1.54, 1.807) is 12.1 Å². The molecule has 2 aromatic carbocycles. The first-order chi connectivity index (χ1) is 11.6. The van der Waals surface area contributed by atoms with Crippen molar-refractivity contribution in [2.75, 3.05) is 7.11 Å². The number of halogens is 1. The molecule has 6 heteroatoms. The van der Waals surface area contributed by atoms with Gasteiger partial charge in [-0.3, -0.25) is 4.79 Å². The van der Waals surface area contributed by atoms with Gasteiger partial charge < -0.3 is 15.3 Å². The molecule has 0 aliphatic heterocycles. The van der Waals surface area contributed by atoms with Crippen LogP contribution in [0.4, 0.5) is 4.39 Å². The Bertz CT molecular complexity index is 732. The molecule has 126 valence electrons. The number of primary amides is 1. The minimum absolute atomic E-state index is 0.179. The summed E-state index contributed by atoms with van der Waals surface area (Å²) in [6, 6.07) is 13.6. The number of carbonyl (C=O) groups excluding carboxylic acids is 1. The number of benzene rings is 2. The van der Waals surface area contributed by atoms with Gasteiger partial charge >= 0.3 is 0 Å². The molecule has 0 aliphatic carbocycles. The molecule has 0 aromatic heterocycles. The van der Waals surface area contributed by atoms with Crippen molar-refractivity contribution in [2.24, 2.45) is 10.9 Å². The third-order valence-electron chi connectivity index (χ3n) is 3.43. The highest BCUT2D eigenvalue weighted by Crippen LogP contribution is 2.17. The van der Waals surface area contributed by atoms with E-state index >= 15 is 0 Å². The lowest BCUT2D eigenvalue weighted by Crippen LogP contribution is -2.24. The number of nitrogens with zero attached hydrogens (tertiary/aromatic N) is 1. The van der Waals surface area contributed by atoms with Gasteiger partial charge in [-0.15, -0.1) is 0 Å². The molecule has 0 aliphatic rings. The van der Waals surface area contributed by atoms with Gasteiger partial charge in [0.25, 0.3) is 5.91 Å². The number of rotatable bonds is 8. The van der Waals surface area contributed by atoms with Crippen molar-refractivity contribution in [3.8, 4) is 5.75 Å². The predicted molar refractivity (Wildman–Crippen MR) is 89.1 cm³/mol. The molecule has 0 saturated carbocycles. The molecular formula is C18H19FN2O3. The zero-order chi connectivity index (χ0) is 17.4. The quantitative estimate of drug-likeness (QED) is 0.597. The summed E-state index contributed by atoms with van der Waals surface area (Å²) in [5, 5.41) is 3.64. The van der Waals surface area contributed by atoms with Crippen molar-refractivity contribution in [3.05, 3.63) is 65.5 Å². The third kappa shape index (κ3) is 5.08. The number of nitrogens with two attached hydrogens (primary N) is 1. The van der Waals surface area contributed by atoms with Gasteiger partial charge in [0, 0.05) is 12.5 Å². The Morgan fingerprint density at radius 3 is 2.58 bits per heavy atom. The Morgan fingerprint density at radius 1 is 1.17 bits per heavy atom. The Hall–Kier alpha value is -2.89. The van der Waals surface area contributed by atoms with Crippen molar-refractivity contribution in [2.45, 2.75) is 19.4 Å². The van der Waals surface area contributed by atoms with Crippen LogP contribution < -0.4 is 10.5 Å². The van der Waals surface area contributed by atoms with Crippen molar-refractivity contribution < 1.29 is 18.8 Å². The highest BCUT2D eigenvalue weighted by molar-refractivity contribution is 6.38. The van der Waals surface area contributed by atoms with Crippen LogP contribution in [0.1, 0.15) is 17.5 Å². The molecule has 2 N–H and O–H groups in total. The second-order valence-electron chi connectivity index (χ2n) is 5.10. The highest BCUT2D eigenvalue weighted by atomic mass is 19.1. The number of hydrogen-bond acceptors (Lipinski definition) is 4. The molecule has 0 saturated heterocycles. The topological polar surface area (TPSA) is 73.9 Å². The van der Waals surface area contributed by atoms with Crippen LogP contribution in [0.15, 0.2) is 53.7 Å². The van der Waals surface area contributed by atoms with Crippen LogP contribution in [0.5, 0.6) is 5.75 Å². The van der Waals surface area contributed by atoms with Crippen LogP contribution in [0.3, 0.4) is 0 Å². The monoisotopic (exact) mass is 330 g/mol. The van der Waals surface area contributed by atoms with Gasteiger partial charge in [-0.1, -0.05) is 35.5 Å². The molecule has 2 rings (SSSR count). The summed E-state index contributed by atoms with van der Waals surface area (Å²) in [6.07, 6.45) is 0.925. The van der Waals surface area contributed by atoms with E-state index in [1.807, 2.05) is 24.3 Å². The summed E-state index contributed by atoms with van der Waals surface area (Å²) in [4.78, 5) is 15.9. The highest BCUT2D eigenvalue weighted by Gasteiger charge is 2.10. The maximum atomic E-state index is 13.2. The lowest BCUT2D eigenvalue weighted by atomic mass is 10.0. The normalized spacial score (nSPS) is 11.2. The fraction of sp³-hybridized carbons (Fsp3) is 0.222. The number of oxime groups is 1. The van der Waals surface area contributed by atoms with Crippen LogP contribution in [0, 0.1) is 5.82 Å². The number of ether oxygens (including phenoxy) is 1. The molecule has 0 atom stereocenters. The largest absolute Gasteiger partial charge is 0.489 e. The maximum absolute atomic E-state index is 13.2. The van der Waals surface area contributed by atoms with Gasteiger partial charge in [-0.05, 0) is 29.7 Å². The van der Waals surface area contributed by atoms with Crippen LogP contribution in [0.2, 0.25) is 0 Å². The van der Waals surface area contributed by atoms with E-state index in [-0.39, 0.29) is 11.5 Å². The molecule has 0 spiro atoms. The van der Waals surface area contributed by atoms with Crippen molar-refractivity contribution in [3.63, 3.8) is 0 Å². The van der Waals surface area contributed by atoms with E-state index in [2.05, 4.69) is 9.99 Å². The lowest BCUT2D eigenvalue weighted by molar-refractivity contribution is -0.112. The molecule has 0 heterocycles. The van der Waals surface area contributed by atoms with Crippen LogP contribution in [0.25, 0.3) is 0 Å². The van der Waals surface area contributed by atoms with Gasteiger partial charge in [0.05, 0.1) is 0 Å². The van der Waals surface area contributed by atoms with Gasteiger partial charge in [0.1, 0.15) is 31.0 Å². The zero-order valence-corrected chi connectivity index (χ0v) is 13.4. The molecule has 1 amide bonds. The Labute approximate surface area is 139 Å². The zero-order valence-electron chi connectivity index (χ0n) is 13.4. The van der Waals surface area contributed by atoms with Crippen LogP contribution >= 0.6 is 0 Å². The van der Waals surface area contributed by atoms with Crippen molar-refractivity contribution in [1.82, 2.24) is 0 Å². The number of aryl methyl sites for hydroxylation is 1. The van der Waals surface area contributed by atoms with E-state index < -0.39 is 5.91 Å². The first kappa shape index (κ1) is 17.5. The fourth-order valence-corrected chi connectivity index (χ4v) is 2.24. The molecule has 0 radical (unpaired) electrons. The first-order valence-corrected chi connectivity index (χ1v) is 7.45. The van der Waals surface area contributed by atoms with Crippen LogP contribution in [-0.4, -0.2) is 18.7 Å². The Kier molecular flexibility index (Phi) is 6.31. The predicted octanol–water partition coefficient (Wildman–Crippen LogP) is 2.83. The molecular weight excluding hydrogens is 311 g/mol. The summed E-state index contributed by atoms with van der Waals surface area (Å²) in [6.45, 7) is 0.299. The third-order valence-corrected chi connectivity index (χ3v) is 3.43. The van der Waals surface area contributed by atoms with Gasteiger partial charge in [-0.2, -0.15) is 0 Å². The van der Waals surface area contributed by atoms with E-state index in [0.717, 1.165) is 11.1 Å². The van der Waals surface area contributed by atoms with E-state index in [9.17, 15) is 9.18 Å². The maximum Gasteiger partial charge on any atom is 0.266 e. The minimum atomic E-state index is -0.606. The van der Waals surface area contributed by atoms with Gasteiger partial charge in [0.15, 0.2) is 0 Å². The van der Waals surface area contributed by atoms with Gasteiger partial charge in [-0.25, -0.2) is 4.39 Å². The summed E-state index contributed by atoms with van der Waals surface area (Å²) in [5.74, 6) is -0.489. The van der Waals surface area contributed by atoms with Crippen molar-refractivity contribution >= 4 is 11.6 Å². The second-order valence-corrected chi connectivity index (χ2v) is 5.10. The number of carbonyl (C=O) groups is 1. The number of hydrogen-bond donors (Lipinski definition) is 1. The summed E-state index contributed by atoms with van der Waals surface area (Å²) in [5.41, 5.74) is 7.39. The second kappa shape index (κ2) is 8.67. The van der Waals surface area contributed by atoms with E-state index in [4.69, 9.17) is 10.5 Å². The lowest BCUT2D eigenvalue weighted by Gasteiger charge is -2.11. The standard InChI is InChI=1S/C18H19FN2O3/c1-23-21-17(18(20)22)10-9-13-5-2-3-6-14(13)12-24-16-8-4-7-15(19)11-16/h2-8,11H,9-10,12H2,1H3,(H2,20,22).